The van der Waals surface area contributed by atoms with Gasteiger partial charge in [-0.25, -0.2) is 9.99 Å². The minimum Gasteiger partial charge on any atom is -0.362 e. The fourth-order valence-electron chi connectivity index (χ4n) is 1.43. The zero-order chi connectivity index (χ0) is 12.7. The number of aliphatic hydroxyl groups is 1. The largest absolute Gasteiger partial charge is 0.438 e. The predicted molar refractivity (Wildman–Crippen MR) is 55.8 cm³/mol. The molecule has 0 bridgehead atoms. The lowest BCUT2D eigenvalue weighted by Crippen LogP contribution is -2.55. The molecule has 1 N–H and O–H groups in total. The molecule has 1 atom stereocenters. The number of rotatable bonds is 1. The zero-order valence-corrected chi connectivity index (χ0v) is 9.07. The number of pyridine rings is 1. The van der Waals surface area contributed by atoms with Gasteiger partial charge in [-0.05, 0) is 12.1 Å². The molecule has 1 aliphatic rings. The summed E-state index contributed by atoms with van der Waals surface area (Å²) in [7, 11) is 0. The molecular formula is C9H7ClF3N3O. The Labute approximate surface area is 99.3 Å². The normalized spacial score (nSPS) is 24.4. The van der Waals surface area contributed by atoms with E-state index in [-0.39, 0.29) is 10.8 Å². The van der Waals surface area contributed by atoms with Crippen molar-refractivity contribution in [2.75, 3.05) is 5.01 Å². The Morgan fingerprint density at radius 1 is 1.47 bits per heavy atom. The van der Waals surface area contributed by atoms with Crippen LogP contribution >= 0.6 is 11.6 Å². The van der Waals surface area contributed by atoms with Gasteiger partial charge in [-0.15, -0.1) is 0 Å². The fraction of sp³-hybridized carbons (Fsp3) is 0.333. The number of aromatic nitrogens is 1. The number of halogens is 4. The van der Waals surface area contributed by atoms with Gasteiger partial charge in [0.15, 0.2) is 5.82 Å². The van der Waals surface area contributed by atoms with E-state index in [2.05, 4.69) is 10.1 Å². The molecule has 4 nitrogen and oxygen atoms in total. The molecule has 1 unspecified atom stereocenters. The standard InChI is InChI=1S/C9H7ClF3N3O/c10-6-2-1-4-14-7(6)16-8(17,3-5-15-16)9(11,12)13/h1-2,4-5,17H,3H2. The average Bonchev–Trinajstić information content (AvgIpc) is 2.62. The van der Waals surface area contributed by atoms with Crippen molar-refractivity contribution in [2.24, 2.45) is 5.10 Å². The number of nitrogens with zero attached hydrogens (tertiary/aromatic N) is 3. The van der Waals surface area contributed by atoms with Crippen molar-refractivity contribution in [2.45, 2.75) is 18.3 Å². The molecule has 1 aromatic heterocycles. The number of hydrazone groups is 1. The van der Waals surface area contributed by atoms with Crippen LogP contribution in [0.25, 0.3) is 0 Å². The van der Waals surface area contributed by atoms with Crippen LogP contribution in [-0.4, -0.2) is 28.2 Å². The van der Waals surface area contributed by atoms with Crippen LogP contribution in [0.3, 0.4) is 0 Å². The number of alkyl halides is 3. The molecule has 0 fully saturated rings. The predicted octanol–water partition coefficient (Wildman–Crippen LogP) is 2.18. The maximum Gasteiger partial charge on any atom is 0.438 e. The Hall–Kier alpha value is -1.34. The first-order valence-corrected chi connectivity index (χ1v) is 4.96. The van der Waals surface area contributed by atoms with Crippen LogP contribution in [0.1, 0.15) is 6.42 Å². The van der Waals surface area contributed by atoms with E-state index in [0.717, 1.165) is 6.21 Å². The van der Waals surface area contributed by atoms with Gasteiger partial charge in [0.05, 0.1) is 5.02 Å². The molecule has 17 heavy (non-hydrogen) atoms. The van der Waals surface area contributed by atoms with E-state index >= 15 is 0 Å². The molecular weight excluding hydrogens is 259 g/mol. The summed E-state index contributed by atoms with van der Waals surface area (Å²) in [5, 5.41) is 13.5. The van der Waals surface area contributed by atoms with E-state index in [4.69, 9.17) is 11.6 Å². The molecule has 0 aromatic carbocycles. The Morgan fingerprint density at radius 3 is 2.76 bits per heavy atom. The second-order valence-corrected chi connectivity index (χ2v) is 3.84. The Morgan fingerprint density at radius 2 is 2.18 bits per heavy atom. The molecule has 2 heterocycles. The maximum absolute atomic E-state index is 12.8. The molecule has 0 amide bonds. The molecule has 92 valence electrons. The van der Waals surface area contributed by atoms with Crippen LogP contribution in [-0.2, 0) is 0 Å². The van der Waals surface area contributed by atoms with Gasteiger partial charge in [-0.1, -0.05) is 11.6 Å². The SMILES string of the molecule is OC1(C(F)(F)F)CC=NN1c1ncccc1Cl. The van der Waals surface area contributed by atoms with Crippen molar-refractivity contribution in [3.63, 3.8) is 0 Å². The van der Waals surface area contributed by atoms with Gasteiger partial charge < -0.3 is 5.11 Å². The summed E-state index contributed by atoms with van der Waals surface area (Å²) in [4.78, 5) is 3.69. The second kappa shape index (κ2) is 3.85. The van der Waals surface area contributed by atoms with Crippen molar-refractivity contribution in [3.8, 4) is 0 Å². The molecule has 1 aromatic rings. The smallest absolute Gasteiger partial charge is 0.362 e. The third-order valence-corrected chi connectivity index (χ3v) is 2.61. The van der Waals surface area contributed by atoms with Crippen LogP contribution in [0.5, 0.6) is 0 Å². The Kier molecular flexibility index (Phi) is 2.75. The van der Waals surface area contributed by atoms with Gasteiger partial charge in [0.1, 0.15) is 0 Å². The van der Waals surface area contributed by atoms with E-state index in [0.29, 0.717) is 5.01 Å². The summed E-state index contributed by atoms with van der Waals surface area (Å²) < 4.78 is 38.3. The van der Waals surface area contributed by atoms with Crippen LogP contribution in [0.4, 0.5) is 19.0 Å². The summed E-state index contributed by atoms with van der Waals surface area (Å²) >= 11 is 5.73. The van der Waals surface area contributed by atoms with Crippen LogP contribution < -0.4 is 5.01 Å². The van der Waals surface area contributed by atoms with Crippen LogP contribution in [0.2, 0.25) is 5.02 Å². The highest BCUT2D eigenvalue weighted by molar-refractivity contribution is 6.32. The van der Waals surface area contributed by atoms with Crippen molar-refractivity contribution < 1.29 is 18.3 Å². The molecule has 1 aliphatic heterocycles. The van der Waals surface area contributed by atoms with Crippen molar-refractivity contribution in [1.29, 1.82) is 0 Å². The van der Waals surface area contributed by atoms with Gasteiger partial charge in [0.25, 0.3) is 5.72 Å². The third kappa shape index (κ3) is 1.85. The highest BCUT2D eigenvalue weighted by atomic mass is 35.5. The van der Waals surface area contributed by atoms with Crippen LogP contribution in [0.15, 0.2) is 23.4 Å². The van der Waals surface area contributed by atoms with Crippen LogP contribution in [0, 0.1) is 0 Å². The lowest BCUT2D eigenvalue weighted by atomic mass is 10.1. The average molecular weight is 266 g/mol. The molecule has 2 rings (SSSR count). The molecule has 0 saturated carbocycles. The summed E-state index contributed by atoms with van der Waals surface area (Å²) in [5.41, 5.74) is -3.09. The first kappa shape index (κ1) is 12.1. The topological polar surface area (TPSA) is 48.7 Å². The van der Waals surface area contributed by atoms with Crippen molar-refractivity contribution in [1.82, 2.24) is 4.98 Å². The van der Waals surface area contributed by atoms with Gasteiger partial charge >= 0.3 is 6.18 Å². The van der Waals surface area contributed by atoms with Gasteiger partial charge in [0, 0.05) is 18.8 Å². The second-order valence-electron chi connectivity index (χ2n) is 3.44. The molecule has 8 heteroatoms. The van der Waals surface area contributed by atoms with E-state index in [9.17, 15) is 18.3 Å². The molecule has 0 aliphatic carbocycles. The minimum absolute atomic E-state index is 0.0192. The molecule has 0 spiro atoms. The van der Waals surface area contributed by atoms with E-state index in [1.165, 1.54) is 18.3 Å². The van der Waals surface area contributed by atoms with Crippen molar-refractivity contribution in [3.05, 3.63) is 23.4 Å². The first-order chi connectivity index (χ1) is 7.86. The third-order valence-electron chi connectivity index (χ3n) is 2.32. The number of anilines is 1. The van der Waals surface area contributed by atoms with Gasteiger partial charge in [-0.2, -0.15) is 18.3 Å². The lowest BCUT2D eigenvalue weighted by molar-refractivity contribution is -0.254. The fourth-order valence-corrected chi connectivity index (χ4v) is 1.63. The summed E-state index contributed by atoms with van der Waals surface area (Å²) in [6.07, 6.45) is -3.28. The van der Waals surface area contributed by atoms with E-state index in [1.54, 1.807) is 0 Å². The lowest BCUT2D eigenvalue weighted by Gasteiger charge is -2.33. The summed E-state index contributed by atoms with van der Waals surface area (Å²) in [5.74, 6) is -0.234. The molecule has 0 radical (unpaired) electrons. The maximum atomic E-state index is 12.8. The van der Waals surface area contributed by atoms with Crippen molar-refractivity contribution >= 4 is 23.6 Å². The number of hydrogen-bond donors (Lipinski definition) is 1. The van der Waals surface area contributed by atoms with Gasteiger partial charge in [0.2, 0.25) is 0 Å². The Balaban J connectivity index is 2.46. The minimum atomic E-state index is -4.86. The highest BCUT2D eigenvalue weighted by Crippen LogP contribution is 2.42. The van der Waals surface area contributed by atoms with E-state index < -0.39 is 18.3 Å². The quantitative estimate of drug-likeness (QED) is 0.847. The summed E-state index contributed by atoms with van der Waals surface area (Å²) in [6, 6.07) is 2.84. The number of hydrogen-bond acceptors (Lipinski definition) is 4. The van der Waals surface area contributed by atoms with Gasteiger partial charge in [-0.3, -0.25) is 0 Å². The zero-order valence-electron chi connectivity index (χ0n) is 8.32. The molecule has 0 saturated heterocycles. The Bertz CT molecular complexity index is 465. The monoisotopic (exact) mass is 265 g/mol. The first-order valence-electron chi connectivity index (χ1n) is 4.58. The van der Waals surface area contributed by atoms with E-state index in [1.807, 2.05) is 0 Å². The summed E-state index contributed by atoms with van der Waals surface area (Å²) in [6.45, 7) is 0. The highest BCUT2D eigenvalue weighted by Gasteiger charge is 2.60.